The number of hydrogen-bond acceptors (Lipinski definition) is 5. The average molecular weight is 536 g/mol. The summed E-state index contributed by atoms with van der Waals surface area (Å²) in [5, 5.41) is 17.7. The second-order valence-corrected chi connectivity index (χ2v) is 12.2. The summed E-state index contributed by atoms with van der Waals surface area (Å²) in [6, 6.07) is 18.5. The minimum atomic E-state index is -0.875. The number of amides is 2. The van der Waals surface area contributed by atoms with Crippen molar-refractivity contribution in [1.29, 1.82) is 0 Å². The van der Waals surface area contributed by atoms with Crippen molar-refractivity contribution in [3.05, 3.63) is 71.8 Å². The number of alkyl carbamates (subject to hydrolysis) is 1. The van der Waals surface area contributed by atoms with Crippen LogP contribution in [-0.4, -0.2) is 58.8 Å². The standard InChI is InChI=1S/C32H45N3O4/c1-32(2,3)34-30(37)29-26-17-11-10-16-25(26)18-19-35(29)21-28(36)27(20-23-12-6-4-7-13-23)33-31(38)39-22-24-14-8-5-9-15-24/h4-9,12-15,25-29,36H,10-11,16-22H2,1-3H3,(H,33,38)(H,34,37)/t25-,26-,27+,28-,29+/m1/s1. The summed E-state index contributed by atoms with van der Waals surface area (Å²) in [6.07, 6.45) is 4.64. The van der Waals surface area contributed by atoms with Crippen molar-refractivity contribution in [3.63, 3.8) is 0 Å². The topological polar surface area (TPSA) is 90.9 Å². The van der Waals surface area contributed by atoms with E-state index in [0.717, 1.165) is 36.9 Å². The van der Waals surface area contributed by atoms with Gasteiger partial charge in [-0.2, -0.15) is 0 Å². The average Bonchev–Trinajstić information content (AvgIpc) is 2.91. The highest BCUT2D eigenvalue weighted by molar-refractivity contribution is 5.83. The maximum Gasteiger partial charge on any atom is 0.407 e. The fraction of sp³-hybridized carbons (Fsp3) is 0.562. The van der Waals surface area contributed by atoms with Crippen molar-refractivity contribution in [2.45, 2.75) is 89.6 Å². The number of fused-ring (bicyclic) bond motifs is 1. The maximum atomic E-state index is 13.6. The Morgan fingerprint density at radius 3 is 2.28 bits per heavy atom. The van der Waals surface area contributed by atoms with E-state index in [1.807, 2.05) is 81.4 Å². The number of nitrogens with one attached hydrogen (secondary N) is 2. The molecule has 4 rings (SSSR count). The van der Waals surface area contributed by atoms with E-state index in [1.54, 1.807) is 0 Å². The van der Waals surface area contributed by atoms with Crippen LogP contribution < -0.4 is 10.6 Å². The normalized spacial score (nSPS) is 23.2. The Bertz CT molecular complexity index is 1060. The largest absolute Gasteiger partial charge is 0.445 e. The molecule has 39 heavy (non-hydrogen) atoms. The van der Waals surface area contributed by atoms with E-state index in [1.165, 1.54) is 12.8 Å². The Kier molecular flexibility index (Phi) is 10.0. The van der Waals surface area contributed by atoms with E-state index in [-0.39, 0.29) is 24.1 Å². The zero-order chi connectivity index (χ0) is 27.8. The summed E-state index contributed by atoms with van der Waals surface area (Å²) < 4.78 is 5.48. The van der Waals surface area contributed by atoms with Gasteiger partial charge in [0, 0.05) is 12.1 Å². The third-order valence-electron chi connectivity index (χ3n) is 8.02. The second-order valence-electron chi connectivity index (χ2n) is 12.2. The van der Waals surface area contributed by atoms with Gasteiger partial charge in [0.05, 0.1) is 18.2 Å². The fourth-order valence-electron chi connectivity index (χ4n) is 6.20. The zero-order valence-corrected chi connectivity index (χ0v) is 23.6. The molecule has 1 heterocycles. The molecule has 1 saturated heterocycles. The number of hydrogen-bond donors (Lipinski definition) is 3. The third-order valence-corrected chi connectivity index (χ3v) is 8.02. The molecule has 1 saturated carbocycles. The van der Waals surface area contributed by atoms with Crippen molar-refractivity contribution >= 4 is 12.0 Å². The third kappa shape index (κ3) is 8.54. The van der Waals surface area contributed by atoms with Gasteiger partial charge in [0.1, 0.15) is 6.61 Å². The van der Waals surface area contributed by atoms with Crippen molar-refractivity contribution in [2.24, 2.45) is 11.8 Å². The summed E-state index contributed by atoms with van der Waals surface area (Å²) >= 11 is 0. The number of piperidine rings is 1. The molecule has 1 aliphatic heterocycles. The zero-order valence-electron chi connectivity index (χ0n) is 23.6. The lowest BCUT2D eigenvalue weighted by Gasteiger charge is -2.48. The molecule has 2 amide bonds. The van der Waals surface area contributed by atoms with Crippen LogP contribution in [0.2, 0.25) is 0 Å². The van der Waals surface area contributed by atoms with Crippen molar-refractivity contribution in [2.75, 3.05) is 13.1 Å². The van der Waals surface area contributed by atoms with E-state index >= 15 is 0 Å². The van der Waals surface area contributed by atoms with Gasteiger partial charge >= 0.3 is 6.09 Å². The van der Waals surface area contributed by atoms with Gasteiger partial charge in [-0.3, -0.25) is 9.69 Å². The number of aliphatic hydroxyl groups is 1. The molecule has 0 bridgehead atoms. The summed E-state index contributed by atoms with van der Waals surface area (Å²) in [5.41, 5.74) is 1.58. The second kappa shape index (κ2) is 13.4. The molecule has 3 N–H and O–H groups in total. The van der Waals surface area contributed by atoms with Crippen LogP contribution in [0.3, 0.4) is 0 Å². The van der Waals surface area contributed by atoms with Crippen LogP contribution in [0.25, 0.3) is 0 Å². The predicted molar refractivity (Wildman–Crippen MR) is 153 cm³/mol. The monoisotopic (exact) mass is 535 g/mol. The molecule has 2 aliphatic rings. The van der Waals surface area contributed by atoms with E-state index < -0.39 is 18.2 Å². The fourth-order valence-corrected chi connectivity index (χ4v) is 6.20. The molecular weight excluding hydrogens is 490 g/mol. The van der Waals surface area contributed by atoms with Gasteiger partial charge in [-0.1, -0.05) is 79.9 Å². The maximum absolute atomic E-state index is 13.6. The van der Waals surface area contributed by atoms with Crippen molar-refractivity contribution in [1.82, 2.24) is 15.5 Å². The van der Waals surface area contributed by atoms with Crippen LogP contribution in [0, 0.1) is 11.8 Å². The Labute approximate surface area is 233 Å². The predicted octanol–water partition coefficient (Wildman–Crippen LogP) is 4.68. The smallest absolute Gasteiger partial charge is 0.407 e. The highest BCUT2D eigenvalue weighted by Crippen LogP contribution is 2.40. The Balaban J connectivity index is 1.48. The number of benzene rings is 2. The number of nitrogens with zero attached hydrogens (tertiary/aromatic N) is 1. The summed E-state index contributed by atoms with van der Waals surface area (Å²) in [4.78, 5) is 28.6. The first-order chi connectivity index (χ1) is 18.7. The molecule has 7 nitrogen and oxygen atoms in total. The first kappa shape index (κ1) is 29.1. The first-order valence-corrected chi connectivity index (χ1v) is 14.4. The lowest BCUT2D eigenvalue weighted by Crippen LogP contribution is -2.62. The quantitative estimate of drug-likeness (QED) is 0.434. The van der Waals surface area contributed by atoms with Crippen LogP contribution in [0.15, 0.2) is 60.7 Å². The minimum absolute atomic E-state index is 0.0427. The van der Waals surface area contributed by atoms with Crippen molar-refractivity contribution < 1.29 is 19.4 Å². The number of aliphatic hydroxyl groups excluding tert-OH is 1. The summed E-state index contributed by atoms with van der Waals surface area (Å²) in [7, 11) is 0. The molecular formula is C32H45N3O4. The Morgan fingerprint density at radius 2 is 1.62 bits per heavy atom. The number of β-amino-alcohol motifs (C(OH)–C–C–N with tert-alkyl or cyclic N) is 1. The van der Waals surface area contributed by atoms with E-state index in [9.17, 15) is 14.7 Å². The molecule has 0 spiro atoms. The van der Waals surface area contributed by atoms with Crippen LogP contribution in [0.5, 0.6) is 0 Å². The van der Waals surface area contributed by atoms with E-state index in [4.69, 9.17) is 4.74 Å². The van der Waals surface area contributed by atoms with Crippen LogP contribution >= 0.6 is 0 Å². The number of carbonyl (C=O) groups is 2. The molecule has 212 valence electrons. The number of rotatable bonds is 9. The lowest BCUT2D eigenvalue weighted by atomic mass is 9.70. The molecule has 2 aromatic carbocycles. The molecule has 1 aliphatic carbocycles. The summed E-state index contributed by atoms with van der Waals surface area (Å²) in [5.74, 6) is 0.883. The van der Waals surface area contributed by atoms with Crippen LogP contribution in [0.4, 0.5) is 4.79 Å². The van der Waals surface area contributed by atoms with Crippen LogP contribution in [-0.2, 0) is 22.6 Å². The molecule has 0 aromatic heterocycles. The summed E-state index contributed by atoms with van der Waals surface area (Å²) in [6.45, 7) is 7.24. The Morgan fingerprint density at radius 1 is 0.974 bits per heavy atom. The molecule has 5 atom stereocenters. The highest BCUT2D eigenvalue weighted by atomic mass is 16.5. The Hall–Kier alpha value is -2.90. The van der Waals surface area contributed by atoms with Gasteiger partial charge in [-0.05, 0) is 69.5 Å². The first-order valence-electron chi connectivity index (χ1n) is 14.4. The van der Waals surface area contributed by atoms with Crippen LogP contribution in [0.1, 0.15) is 64.0 Å². The molecule has 2 aromatic rings. The molecule has 2 fully saturated rings. The van der Waals surface area contributed by atoms with Gasteiger partial charge in [0.2, 0.25) is 5.91 Å². The number of likely N-dealkylation sites (tertiary alicyclic amines) is 1. The van der Waals surface area contributed by atoms with E-state index in [2.05, 4.69) is 15.5 Å². The number of carbonyl (C=O) groups excluding carboxylic acids is 2. The molecule has 0 radical (unpaired) electrons. The number of ether oxygens (including phenoxy) is 1. The molecule has 0 unspecified atom stereocenters. The minimum Gasteiger partial charge on any atom is -0.445 e. The van der Waals surface area contributed by atoms with Gasteiger partial charge in [0.25, 0.3) is 0 Å². The highest BCUT2D eigenvalue weighted by Gasteiger charge is 2.44. The van der Waals surface area contributed by atoms with Crippen molar-refractivity contribution in [3.8, 4) is 0 Å². The lowest BCUT2D eigenvalue weighted by molar-refractivity contribution is -0.135. The van der Waals surface area contributed by atoms with Gasteiger partial charge < -0.3 is 20.5 Å². The molecule has 7 heteroatoms. The SMILES string of the molecule is CC(C)(C)NC(=O)[C@@H]1[C@@H]2CCCC[C@@H]2CCN1C[C@@H](O)[C@H](Cc1ccccc1)NC(=O)OCc1ccccc1. The van der Waals surface area contributed by atoms with Gasteiger partial charge in [0.15, 0.2) is 0 Å². The van der Waals surface area contributed by atoms with Gasteiger partial charge in [-0.25, -0.2) is 4.79 Å². The van der Waals surface area contributed by atoms with E-state index in [0.29, 0.717) is 24.8 Å². The van der Waals surface area contributed by atoms with Gasteiger partial charge in [-0.15, -0.1) is 0 Å².